The van der Waals surface area contributed by atoms with Crippen LogP contribution in [0.5, 0.6) is 0 Å². The second-order valence-electron chi connectivity index (χ2n) is 15.4. The van der Waals surface area contributed by atoms with Crippen LogP contribution in [-0.4, -0.2) is 14.1 Å². The third-order valence-corrected chi connectivity index (χ3v) is 13.4. The van der Waals surface area contributed by atoms with Crippen molar-refractivity contribution in [1.82, 2.24) is 14.1 Å². The first-order valence-corrected chi connectivity index (χ1v) is 18.0. The maximum atomic E-state index is 5.18. The Morgan fingerprint density at radius 1 is 0.306 bits per heavy atom. The minimum atomic E-state index is 1.05. The molecule has 0 unspecified atom stereocenters. The maximum Gasteiger partial charge on any atom is 0.111 e. The van der Waals surface area contributed by atoms with Crippen LogP contribution in [0.1, 0.15) is 106 Å². The Hall–Kier alpha value is -4.11. The van der Waals surface area contributed by atoms with E-state index < -0.39 is 0 Å². The fourth-order valence-corrected chi connectivity index (χ4v) is 9.16. The predicted octanol–water partition coefficient (Wildman–Crippen LogP) is 12.5. The molecule has 3 heteroatoms. The molecule has 256 valence electrons. The van der Waals surface area contributed by atoms with Gasteiger partial charge in [-0.05, 0) is 237 Å². The number of imidazole rings is 1. The smallest absolute Gasteiger partial charge is 0.111 e. The van der Waals surface area contributed by atoms with Gasteiger partial charge >= 0.3 is 0 Å². The zero-order valence-corrected chi connectivity index (χ0v) is 33.8. The number of rotatable bonds is 3. The average Bonchev–Trinajstić information content (AvgIpc) is 3.53. The van der Waals surface area contributed by atoms with Gasteiger partial charge in [0.2, 0.25) is 0 Å². The van der Waals surface area contributed by atoms with Crippen LogP contribution in [0.3, 0.4) is 0 Å². The summed E-state index contributed by atoms with van der Waals surface area (Å²) in [5, 5.41) is 1.42. The lowest BCUT2D eigenvalue weighted by molar-refractivity contribution is 0.965. The second-order valence-corrected chi connectivity index (χ2v) is 15.4. The first-order valence-electron chi connectivity index (χ1n) is 18.0. The van der Waals surface area contributed by atoms with Crippen molar-refractivity contribution in [2.45, 2.75) is 132 Å². The van der Waals surface area contributed by atoms with Crippen LogP contribution < -0.4 is 0 Å². The van der Waals surface area contributed by atoms with E-state index in [1.54, 1.807) is 0 Å². The number of nitrogens with zero attached hydrogens (tertiary/aromatic N) is 3. The highest BCUT2D eigenvalue weighted by Gasteiger charge is 2.28. The highest BCUT2D eigenvalue weighted by molar-refractivity contribution is 5.95. The highest BCUT2D eigenvalue weighted by atomic mass is 15.1. The molecule has 6 aromatic rings. The van der Waals surface area contributed by atoms with Gasteiger partial charge in [-0.2, -0.15) is 0 Å². The van der Waals surface area contributed by atoms with Crippen LogP contribution in [0.15, 0.2) is 0 Å². The Labute approximate surface area is 295 Å². The Morgan fingerprint density at radius 2 is 0.673 bits per heavy atom. The standard InChI is InChI=1S/C46H57N3/c1-20-22(3)30(11)45-41(24(20)5)36(17)37(18)48(45)43-32(13)25(6)39(26(7)33(43)14)40-27(8)34(15)44(35(16)28(40)9)49-38(19)47-42-29(10)21(2)23(4)31(12)46(42)49/h1-19H3. The zero-order valence-electron chi connectivity index (χ0n) is 33.8. The molecule has 0 amide bonds. The minimum Gasteiger partial charge on any atom is -0.313 e. The molecule has 0 atom stereocenters. The molecule has 0 aliphatic rings. The van der Waals surface area contributed by atoms with Gasteiger partial charge in [0.05, 0.1) is 27.9 Å². The monoisotopic (exact) mass is 651 g/mol. The van der Waals surface area contributed by atoms with Crippen molar-refractivity contribution in [2.24, 2.45) is 0 Å². The van der Waals surface area contributed by atoms with Gasteiger partial charge in [-0.1, -0.05) is 0 Å². The number of aromatic nitrogens is 3. The molecule has 2 heterocycles. The van der Waals surface area contributed by atoms with Gasteiger partial charge in [-0.15, -0.1) is 0 Å². The van der Waals surface area contributed by atoms with Gasteiger partial charge in [-0.25, -0.2) is 4.98 Å². The molecule has 3 nitrogen and oxygen atoms in total. The molecule has 0 saturated heterocycles. The quantitative estimate of drug-likeness (QED) is 0.187. The van der Waals surface area contributed by atoms with E-state index >= 15 is 0 Å². The van der Waals surface area contributed by atoms with Crippen molar-refractivity contribution in [3.05, 3.63) is 106 Å². The summed E-state index contributed by atoms with van der Waals surface area (Å²) in [6.45, 7) is 43.7. The molecular weight excluding hydrogens is 595 g/mol. The van der Waals surface area contributed by atoms with Crippen molar-refractivity contribution < 1.29 is 0 Å². The van der Waals surface area contributed by atoms with Gasteiger partial charge < -0.3 is 4.57 Å². The van der Waals surface area contributed by atoms with Crippen LogP contribution in [0.25, 0.3) is 44.4 Å². The van der Waals surface area contributed by atoms with Gasteiger partial charge in [0.25, 0.3) is 0 Å². The summed E-state index contributed by atoms with van der Waals surface area (Å²) in [5.74, 6) is 1.05. The molecule has 0 fully saturated rings. The molecule has 0 bridgehead atoms. The highest BCUT2D eigenvalue weighted by Crippen LogP contribution is 2.46. The fraction of sp³-hybridized carbons (Fsp3) is 0.413. The van der Waals surface area contributed by atoms with Gasteiger partial charge in [0, 0.05) is 11.1 Å². The van der Waals surface area contributed by atoms with Crippen LogP contribution in [0.4, 0.5) is 0 Å². The topological polar surface area (TPSA) is 22.8 Å². The van der Waals surface area contributed by atoms with Crippen LogP contribution >= 0.6 is 0 Å². The van der Waals surface area contributed by atoms with Crippen molar-refractivity contribution in [1.29, 1.82) is 0 Å². The fourth-order valence-electron chi connectivity index (χ4n) is 9.16. The summed E-state index contributed by atoms with van der Waals surface area (Å²) in [5.41, 5.74) is 33.6. The second kappa shape index (κ2) is 11.5. The summed E-state index contributed by atoms with van der Waals surface area (Å²) in [6.07, 6.45) is 0. The first kappa shape index (κ1) is 34.7. The molecule has 6 rings (SSSR count). The summed E-state index contributed by atoms with van der Waals surface area (Å²) in [4.78, 5) is 5.18. The lowest BCUT2D eigenvalue weighted by Gasteiger charge is -2.28. The number of aryl methyl sites for hydroxylation is 6. The van der Waals surface area contributed by atoms with E-state index in [1.807, 2.05) is 0 Å². The van der Waals surface area contributed by atoms with Crippen LogP contribution in [0, 0.1) is 132 Å². The lowest BCUT2D eigenvalue weighted by atomic mass is 9.81. The van der Waals surface area contributed by atoms with Crippen molar-refractivity contribution >= 4 is 21.9 Å². The number of fused-ring (bicyclic) bond motifs is 2. The van der Waals surface area contributed by atoms with E-state index in [1.165, 1.54) is 139 Å². The molecule has 0 aliphatic carbocycles. The third kappa shape index (κ3) is 4.43. The van der Waals surface area contributed by atoms with Crippen molar-refractivity contribution in [2.75, 3.05) is 0 Å². The Balaban J connectivity index is 1.68. The van der Waals surface area contributed by atoms with E-state index in [0.717, 1.165) is 11.3 Å². The molecule has 0 spiro atoms. The van der Waals surface area contributed by atoms with E-state index in [4.69, 9.17) is 4.98 Å². The Bertz CT molecular complexity index is 2390. The maximum absolute atomic E-state index is 5.18. The molecule has 0 N–H and O–H groups in total. The molecule has 2 aromatic heterocycles. The van der Waals surface area contributed by atoms with Gasteiger partial charge in [0.15, 0.2) is 0 Å². The molecule has 49 heavy (non-hydrogen) atoms. The molecule has 0 saturated carbocycles. The largest absolute Gasteiger partial charge is 0.313 e. The Morgan fingerprint density at radius 3 is 1.12 bits per heavy atom. The first-order chi connectivity index (χ1) is 22.8. The Kier molecular flexibility index (Phi) is 8.13. The van der Waals surface area contributed by atoms with Crippen LogP contribution in [0.2, 0.25) is 0 Å². The molecule has 4 aromatic carbocycles. The van der Waals surface area contributed by atoms with Crippen molar-refractivity contribution in [3.63, 3.8) is 0 Å². The normalized spacial score (nSPS) is 12.0. The van der Waals surface area contributed by atoms with Crippen LogP contribution in [-0.2, 0) is 0 Å². The van der Waals surface area contributed by atoms with E-state index in [9.17, 15) is 0 Å². The van der Waals surface area contributed by atoms with E-state index in [0.29, 0.717) is 0 Å². The number of hydrogen-bond acceptors (Lipinski definition) is 1. The summed E-state index contributed by atoms with van der Waals surface area (Å²) in [7, 11) is 0. The summed E-state index contributed by atoms with van der Waals surface area (Å²) in [6, 6.07) is 0. The summed E-state index contributed by atoms with van der Waals surface area (Å²) < 4.78 is 5.04. The lowest BCUT2D eigenvalue weighted by Crippen LogP contribution is -2.12. The zero-order chi connectivity index (χ0) is 36.5. The number of benzene rings is 4. The van der Waals surface area contributed by atoms with E-state index in [2.05, 4.69) is 141 Å². The molecular formula is C46H57N3. The van der Waals surface area contributed by atoms with E-state index in [-0.39, 0.29) is 0 Å². The van der Waals surface area contributed by atoms with Gasteiger partial charge in [-0.3, -0.25) is 4.57 Å². The molecule has 0 aliphatic heterocycles. The summed E-state index contributed by atoms with van der Waals surface area (Å²) >= 11 is 0. The van der Waals surface area contributed by atoms with Crippen molar-refractivity contribution in [3.8, 4) is 22.5 Å². The molecule has 0 radical (unpaired) electrons. The van der Waals surface area contributed by atoms with Gasteiger partial charge in [0.1, 0.15) is 5.82 Å². The number of hydrogen-bond donors (Lipinski definition) is 0. The predicted molar refractivity (Wildman–Crippen MR) is 213 cm³/mol. The average molecular weight is 652 g/mol. The minimum absolute atomic E-state index is 1.05. The third-order valence-electron chi connectivity index (χ3n) is 13.4. The SMILES string of the molecule is Cc1c(C)c(-n2c(C)nc3c(C)c(C)c(C)c(C)c32)c(C)c(C)c1-c1c(C)c(C)c(-n2c(C)c(C)c3c(C)c(C)c(C)c(C)c32)c(C)c1C.